The molecule has 6 nitrogen and oxygen atoms in total. The molecule has 1 fully saturated rings. The molecule has 6 heteroatoms. The van der Waals surface area contributed by atoms with Gasteiger partial charge >= 0.3 is 0 Å². The monoisotopic (exact) mass is 280 g/mol. The number of nitrogens with one attached hydrogen (secondary N) is 1. The number of pyridine rings is 1. The van der Waals surface area contributed by atoms with Gasteiger partial charge in [-0.05, 0) is 31.0 Å². The normalized spacial score (nSPS) is 15.5. The van der Waals surface area contributed by atoms with Gasteiger partial charge in [0.05, 0.1) is 5.56 Å². The number of hydrogen-bond donors (Lipinski definition) is 1. The Hall–Kier alpha value is -2.68. The van der Waals surface area contributed by atoms with E-state index in [2.05, 4.69) is 31.2 Å². The van der Waals surface area contributed by atoms with Gasteiger partial charge in [0.25, 0.3) is 0 Å². The van der Waals surface area contributed by atoms with Gasteiger partial charge in [0.1, 0.15) is 11.9 Å². The maximum Gasteiger partial charge on any atom is 0.225 e. The summed E-state index contributed by atoms with van der Waals surface area (Å²) in [5.41, 5.74) is 0.580. The molecule has 0 aromatic carbocycles. The fraction of sp³-hybridized carbons (Fsp3) is 0.333. The van der Waals surface area contributed by atoms with Crippen molar-refractivity contribution in [2.75, 3.05) is 23.3 Å². The lowest BCUT2D eigenvalue weighted by atomic mass is 10.1. The molecular weight excluding hydrogens is 264 g/mol. The van der Waals surface area contributed by atoms with Crippen LogP contribution in [0.25, 0.3) is 0 Å². The van der Waals surface area contributed by atoms with Gasteiger partial charge in [0.2, 0.25) is 5.95 Å². The van der Waals surface area contributed by atoms with Crippen LogP contribution in [0.2, 0.25) is 0 Å². The summed E-state index contributed by atoms with van der Waals surface area (Å²) >= 11 is 0. The number of aromatic nitrogens is 3. The van der Waals surface area contributed by atoms with E-state index in [1.807, 2.05) is 12.1 Å². The second-order valence-corrected chi connectivity index (χ2v) is 5.00. The van der Waals surface area contributed by atoms with E-state index in [4.69, 9.17) is 5.26 Å². The quantitative estimate of drug-likeness (QED) is 0.924. The molecule has 0 unspecified atom stereocenters. The lowest BCUT2D eigenvalue weighted by Gasteiger charge is -2.32. The van der Waals surface area contributed by atoms with Crippen LogP contribution in [-0.2, 0) is 0 Å². The van der Waals surface area contributed by atoms with Crippen molar-refractivity contribution in [1.82, 2.24) is 15.0 Å². The Labute approximate surface area is 123 Å². The van der Waals surface area contributed by atoms with E-state index in [1.165, 1.54) is 0 Å². The van der Waals surface area contributed by atoms with Gasteiger partial charge in [0, 0.05) is 37.7 Å². The number of nitrogens with zero attached hydrogens (tertiary/aromatic N) is 5. The first-order valence-corrected chi connectivity index (χ1v) is 7.00. The van der Waals surface area contributed by atoms with Crippen LogP contribution in [0.15, 0.2) is 36.8 Å². The van der Waals surface area contributed by atoms with Crippen molar-refractivity contribution in [3.63, 3.8) is 0 Å². The maximum absolute atomic E-state index is 8.76. The van der Waals surface area contributed by atoms with Crippen LogP contribution in [0.3, 0.4) is 0 Å². The first-order chi connectivity index (χ1) is 10.3. The highest BCUT2D eigenvalue weighted by Gasteiger charge is 2.20. The van der Waals surface area contributed by atoms with E-state index in [1.54, 1.807) is 24.7 Å². The molecule has 21 heavy (non-hydrogen) atoms. The minimum atomic E-state index is 0.394. The van der Waals surface area contributed by atoms with Gasteiger partial charge in [-0.3, -0.25) is 0 Å². The fourth-order valence-corrected chi connectivity index (χ4v) is 2.43. The average molecular weight is 280 g/mol. The van der Waals surface area contributed by atoms with Crippen molar-refractivity contribution in [3.05, 3.63) is 42.4 Å². The number of piperidine rings is 1. The number of hydrogen-bond acceptors (Lipinski definition) is 6. The van der Waals surface area contributed by atoms with Crippen molar-refractivity contribution < 1.29 is 0 Å². The maximum atomic E-state index is 8.76. The summed E-state index contributed by atoms with van der Waals surface area (Å²) in [4.78, 5) is 15.0. The molecule has 0 radical (unpaired) electrons. The van der Waals surface area contributed by atoms with Gasteiger partial charge in [-0.25, -0.2) is 15.0 Å². The largest absolute Gasteiger partial charge is 0.367 e. The van der Waals surface area contributed by atoms with Crippen LogP contribution in [0.1, 0.15) is 18.4 Å². The molecule has 0 bridgehead atoms. The third-order valence-corrected chi connectivity index (χ3v) is 3.57. The number of rotatable bonds is 3. The highest BCUT2D eigenvalue weighted by atomic mass is 15.3. The van der Waals surface area contributed by atoms with Gasteiger partial charge in [-0.1, -0.05) is 0 Å². The molecule has 1 saturated heterocycles. The van der Waals surface area contributed by atoms with Gasteiger partial charge < -0.3 is 10.2 Å². The zero-order valence-electron chi connectivity index (χ0n) is 11.6. The molecule has 0 saturated carbocycles. The lowest BCUT2D eigenvalue weighted by molar-refractivity contribution is 0.519. The molecule has 0 aliphatic carbocycles. The molecule has 106 valence electrons. The van der Waals surface area contributed by atoms with Gasteiger partial charge in [-0.15, -0.1) is 0 Å². The van der Waals surface area contributed by atoms with Crippen molar-refractivity contribution in [2.24, 2.45) is 0 Å². The summed E-state index contributed by atoms with van der Waals surface area (Å²) in [7, 11) is 0. The molecule has 1 aliphatic rings. The van der Waals surface area contributed by atoms with Crippen LogP contribution in [-0.4, -0.2) is 34.1 Å². The minimum absolute atomic E-state index is 0.394. The highest BCUT2D eigenvalue weighted by molar-refractivity contribution is 5.40. The highest BCUT2D eigenvalue weighted by Crippen LogP contribution is 2.18. The summed E-state index contributed by atoms with van der Waals surface area (Å²) in [5, 5.41) is 12.2. The lowest BCUT2D eigenvalue weighted by Crippen LogP contribution is -2.40. The molecule has 1 N–H and O–H groups in total. The Kier molecular flexibility index (Phi) is 3.92. The minimum Gasteiger partial charge on any atom is -0.367 e. The molecule has 1 aliphatic heterocycles. The predicted octanol–water partition coefficient (Wildman–Crippen LogP) is 1.82. The molecule has 3 rings (SSSR count). The van der Waals surface area contributed by atoms with Crippen molar-refractivity contribution >= 4 is 11.8 Å². The van der Waals surface area contributed by atoms with E-state index < -0.39 is 0 Å². The molecule has 0 atom stereocenters. The Morgan fingerprint density at radius 3 is 2.52 bits per heavy atom. The SMILES string of the molecule is N#Cc1ccc(NC2CCN(c3ncccn3)CC2)nc1. The van der Waals surface area contributed by atoms with Crippen molar-refractivity contribution in [1.29, 1.82) is 5.26 Å². The third kappa shape index (κ3) is 3.26. The van der Waals surface area contributed by atoms with E-state index in [-0.39, 0.29) is 0 Å². The standard InChI is InChI=1S/C15H16N6/c16-10-12-2-3-14(19-11-12)20-13-4-8-21(9-5-13)15-17-6-1-7-18-15/h1-3,6-7,11,13H,4-5,8-9H2,(H,19,20). The van der Waals surface area contributed by atoms with Crippen molar-refractivity contribution in [2.45, 2.75) is 18.9 Å². The molecule has 3 heterocycles. The van der Waals surface area contributed by atoms with Crippen LogP contribution < -0.4 is 10.2 Å². The second-order valence-electron chi connectivity index (χ2n) is 5.00. The van der Waals surface area contributed by atoms with Gasteiger partial charge in [-0.2, -0.15) is 5.26 Å². The molecule has 2 aromatic rings. The summed E-state index contributed by atoms with van der Waals surface area (Å²) in [6.45, 7) is 1.86. The Morgan fingerprint density at radius 2 is 1.90 bits per heavy atom. The first kappa shape index (κ1) is 13.3. The van der Waals surface area contributed by atoms with E-state index >= 15 is 0 Å². The van der Waals surface area contributed by atoms with E-state index in [0.717, 1.165) is 37.7 Å². The molecule has 0 amide bonds. The third-order valence-electron chi connectivity index (χ3n) is 3.57. The number of nitriles is 1. The molecule has 0 spiro atoms. The van der Waals surface area contributed by atoms with Crippen LogP contribution in [0, 0.1) is 11.3 Å². The van der Waals surface area contributed by atoms with Crippen molar-refractivity contribution in [3.8, 4) is 6.07 Å². The Bertz CT molecular complexity index is 611. The fourth-order valence-electron chi connectivity index (χ4n) is 2.43. The Morgan fingerprint density at radius 1 is 1.14 bits per heavy atom. The zero-order chi connectivity index (χ0) is 14.5. The van der Waals surface area contributed by atoms with Crippen LogP contribution >= 0.6 is 0 Å². The topological polar surface area (TPSA) is 77.7 Å². The predicted molar refractivity (Wildman–Crippen MR) is 79.8 cm³/mol. The van der Waals surface area contributed by atoms with Crippen LogP contribution in [0.5, 0.6) is 0 Å². The van der Waals surface area contributed by atoms with Gasteiger partial charge in [0.15, 0.2) is 0 Å². The summed E-state index contributed by atoms with van der Waals surface area (Å²) < 4.78 is 0. The Balaban J connectivity index is 1.55. The smallest absolute Gasteiger partial charge is 0.225 e. The molecule has 2 aromatic heterocycles. The average Bonchev–Trinajstić information content (AvgIpc) is 2.57. The zero-order valence-corrected chi connectivity index (χ0v) is 11.6. The summed E-state index contributed by atoms with van der Waals surface area (Å²) in [5.74, 6) is 1.62. The summed E-state index contributed by atoms with van der Waals surface area (Å²) in [6, 6.07) is 7.93. The molecular formula is C15H16N6. The van der Waals surface area contributed by atoms with E-state index in [9.17, 15) is 0 Å². The summed E-state index contributed by atoms with van der Waals surface area (Å²) in [6.07, 6.45) is 7.16. The number of anilines is 2. The van der Waals surface area contributed by atoms with Crippen LogP contribution in [0.4, 0.5) is 11.8 Å². The second kappa shape index (κ2) is 6.18. The first-order valence-electron chi connectivity index (χ1n) is 7.00. The van der Waals surface area contributed by atoms with E-state index in [0.29, 0.717) is 11.6 Å².